The van der Waals surface area contributed by atoms with Crippen LogP contribution in [0.2, 0.25) is 0 Å². The first-order valence-corrected chi connectivity index (χ1v) is 5.72. The Bertz CT molecular complexity index is 540. The second-order valence-electron chi connectivity index (χ2n) is 3.55. The molecule has 0 saturated carbocycles. The van der Waals surface area contributed by atoms with Crippen molar-refractivity contribution >= 4 is 21.6 Å². The van der Waals surface area contributed by atoms with Crippen LogP contribution in [0.1, 0.15) is 5.69 Å². The number of benzene rings is 1. The van der Waals surface area contributed by atoms with E-state index in [1.807, 2.05) is 0 Å². The third-order valence-corrected chi connectivity index (χ3v) is 3.00. The fourth-order valence-corrected chi connectivity index (χ4v) is 1.73. The van der Waals surface area contributed by atoms with E-state index in [2.05, 4.69) is 26.3 Å². The molecule has 1 aromatic heterocycles. The molecule has 0 saturated heterocycles. The molecule has 90 valence electrons. The first kappa shape index (κ1) is 12.0. The van der Waals surface area contributed by atoms with E-state index in [0.717, 1.165) is 17.8 Å². The molecule has 1 aromatic carbocycles. The van der Waals surface area contributed by atoms with Gasteiger partial charge < -0.3 is 5.32 Å². The molecule has 0 spiro atoms. The summed E-state index contributed by atoms with van der Waals surface area (Å²) < 4.78 is 28.5. The van der Waals surface area contributed by atoms with Gasteiger partial charge in [-0.25, -0.2) is 8.78 Å². The summed E-state index contributed by atoms with van der Waals surface area (Å²) in [5, 5.41) is 6.81. The molecule has 0 aliphatic carbocycles. The highest BCUT2D eigenvalue weighted by Crippen LogP contribution is 2.23. The van der Waals surface area contributed by atoms with Crippen LogP contribution in [0.5, 0.6) is 0 Å². The zero-order valence-electron chi connectivity index (χ0n) is 9.04. The van der Waals surface area contributed by atoms with E-state index < -0.39 is 11.6 Å². The van der Waals surface area contributed by atoms with Crippen molar-refractivity contribution < 1.29 is 8.78 Å². The largest absolute Gasteiger partial charge is 0.377 e. The van der Waals surface area contributed by atoms with E-state index >= 15 is 0 Å². The Hall–Kier alpha value is -1.43. The van der Waals surface area contributed by atoms with Crippen LogP contribution in [0.25, 0.3) is 0 Å². The summed E-state index contributed by atoms with van der Waals surface area (Å²) >= 11 is 2.92. The fourth-order valence-electron chi connectivity index (χ4n) is 1.42. The van der Waals surface area contributed by atoms with E-state index in [1.165, 1.54) is 0 Å². The van der Waals surface area contributed by atoms with Gasteiger partial charge in [-0.1, -0.05) is 0 Å². The molecule has 0 fully saturated rings. The van der Waals surface area contributed by atoms with Gasteiger partial charge in [-0.15, -0.1) is 0 Å². The van der Waals surface area contributed by atoms with Gasteiger partial charge in [0.2, 0.25) is 0 Å². The van der Waals surface area contributed by atoms with Crippen molar-refractivity contribution in [1.29, 1.82) is 0 Å². The van der Waals surface area contributed by atoms with E-state index in [4.69, 9.17) is 0 Å². The summed E-state index contributed by atoms with van der Waals surface area (Å²) in [6, 6.07) is 4.02. The molecule has 0 radical (unpaired) electrons. The third kappa shape index (κ3) is 2.63. The van der Waals surface area contributed by atoms with Crippen LogP contribution in [-0.2, 0) is 13.6 Å². The minimum Gasteiger partial charge on any atom is -0.377 e. The molecule has 2 rings (SSSR count). The van der Waals surface area contributed by atoms with E-state index in [0.29, 0.717) is 6.54 Å². The predicted octanol–water partition coefficient (Wildman–Crippen LogP) is 3.07. The number of anilines is 1. The SMILES string of the molecule is Cn1nccc1CNc1cc(F)c(Br)cc1F. The van der Waals surface area contributed by atoms with E-state index in [-0.39, 0.29) is 10.2 Å². The molecule has 3 nitrogen and oxygen atoms in total. The highest BCUT2D eigenvalue weighted by atomic mass is 79.9. The highest BCUT2D eigenvalue weighted by molar-refractivity contribution is 9.10. The molecule has 6 heteroatoms. The molecule has 17 heavy (non-hydrogen) atoms. The Kier molecular flexibility index (Phi) is 3.42. The molecule has 1 N–H and O–H groups in total. The zero-order chi connectivity index (χ0) is 12.4. The first-order chi connectivity index (χ1) is 8.08. The standard InChI is InChI=1S/C11H10BrF2N3/c1-17-7(2-3-16-17)6-15-11-5-9(13)8(12)4-10(11)14/h2-5,15H,6H2,1H3. The summed E-state index contributed by atoms with van der Waals surface area (Å²) in [5.74, 6) is -1.00. The van der Waals surface area contributed by atoms with Gasteiger partial charge in [0.25, 0.3) is 0 Å². The maximum atomic E-state index is 13.5. The van der Waals surface area contributed by atoms with Gasteiger partial charge in [0, 0.05) is 19.3 Å². The van der Waals surface area contributed by atoms with E-state index in [9.17, 15) is 8.78 Å². The summed E-state index contributed by atoms with van der Waals surface area (Å²) in [6.07, 6.45) is 1.65. The lowest BCUT2D eigenvalue weighted by Gasteiger charge is -2.08. The van der Waals surface area contributed by atoms with Crippen molar-refractivity contribution in [2.24, 2.45) is 7.05 Å². The molecule has 0 atom stereocenters. The number of nitrogens with one attached hydrogen (secondary N) is 1. The summed E-state index contributed by atoms with van der Waals surface area (Å²) in [4.78, 5) is 0. The molecule has 0 aliphatic rings. The Labute approximate surface area is 106 Å². The molecule has 0 bridgehead atoms. The molecule has 2 aromatic rings. The predicted molar refractivity (Wildman–Crippen MR) is 64.6 cm³/mol. The van der Waals surface area contributed by atoms with Crippen molar-refractivity contribution in [3.8, 4) is 0 Å². The minimum atomic E-state index is -0.501. The van der Waals surface area contributed by atoms with Gasteiger partial charge in [0.1, 0.15) is 11.6 Å². The molecule has 0 amide bonds. The van der Waals surface area contributed by atoms with Gasteiger partial charge in [-0.3, -0.25) is 4.68 Å². The van der Waals surface area contributed by atoms with Crippen LogP contribution in [-0.4, -0.2) is 9.78 Å². The summed E-state index contributed by atoms with van der Waals surface area (Å²) in [6.45, 7) is 0.383. The van der Waals surface area contributed by atoms with E-state index in [1.54, 1.807) is 24.0 Å². The molecular weight excluding hydrogens is 292 g/mol. The lowest BCUT2D eigenvalue weighted by Crippen LogP contribution is -2.06. The Balaban J connectivity index is 2.14. The number of halogens is 3. The van der Waals surface area contributed by atoms with Crippen molar-refractivity contribution in [2.75, 3.05) is 5.32 Å². The average Bonchev–Trinajstić information content (AvgIpc) is 2.68. The number of rotatable bonds is 3. The molecular formula is C11H10BrF2N3. The lowest BCUT2D eigenvalue weighted by atomic mass is 10.3. The number of nitrogens with zero attached hydrogens (tertiary/aromatic N) is 2. The lowest BCUT2D eigenvalue weighted by molar-refractivity contribution is 0.596. The fraction of sp³-hybridized carbons (Fsp3) is 0.182. The van der Waals surface area contributed by atoms with Crippen LogP contribution < -0.4 is 5.32 Å². The zero-order valence-corrected chi connectivity index (χ0v) is 10.6. The second-order valence-corrected chi connectivity index (χ2v) is 4.40. The maximum Gasteiger partial charge on any atom is 0.147 e. The van der Waals surface area contributed by atoms with Crippen molar-refractivity contribution in [2.45, 2.75) is 6.54 Å². The second kappa shape index (κ2) is 4.83. The number of aromatic nitrogens is 2. The Morgan fingerprint density at radius 1 is 1.35 bits per heavy atom. The van der Waals surface area contributed by atoms with Crippen LogP contribution in [0.15, 0.2) is 28.9 Å². The number of hydrogen-bond donors (Lipinski definition) is 1. The van der Waals surface area contributed by atoms with Gasteiger partial charge in [0.05, 0.1) is 22.4 Å². The number of hydrogen-bond acceptors (Lipinski definition) is 2. The Morgan fingerprint density at radius 2 is 2.12 bits per heavy atom. The molecule has 0 aliphatic heterocycles. The third-order valence-electron chi connectivity index (χ3n) is 2.39. The van der Waals surface area contributed by atoms with Crippen LogP contribution in [0, 0.1) is 11.6 Å². The smallest absolute Gasteiger partial charge is 0.147 e. The average molecular weight is 302 g/mol. The quantitative estimate of drug-likeness (QED) is 0.883. The topological polar surface area (TPSA) is 29.9 Å². The van der Waals surface area contributed by atoms with Gasteiger partial charge in [-0.05, 0) is 28.1 Å². The molecule has 0 unspecified atom stereocenters. The first-order valence-electron chi connectivity index (χ1n) is 4.93. The normalized spacial score (nSPS) is 10.6. The van der Waals surface area contributed by atoms with Crippen molar-refractivity contribution in [3.63, 3.8) is 0 Å². The summed E-state index contributed by atoms with van der Waals surface area (Å²) in [5.41, 5.74) is 1.01. The Morgan fingerprint density at radius 3 is 2.76 bits per heavy atom. The maximum absolute atomic E-state index is 13.5. The monoisotopic (exact) mass is 301 g/mol. The van der Waals surface area contributed by atoms with Crippen molar-refractivity contribution in [3.05, 3.63) is 46.2 Å². The van der Waals surface area contributed by atoms with Crippen LogP contribution in [0.4, 0.5) is 14.5 Å². The number of aryl methyl sites for hydroxylation is 1. The highest BCUT2D eigenvalue weighted by Gasteiger charge is 2.08. The van der Waals surface area contributed by atoms with Gasteiger partial charge in [0.15, 0.2) is 0 Å². The van der Waals surface area contributed by atoms with Gasteiger partial charge in [-0.2, -0.15) is 5.10 Å². The minimum absolute atomic E-state index is 0.112. The molecule has 1 heterocycles. The summed E-state index contributed by atoms with van der Waals surface area (Å²) in [7, 11) is 1.79. The van der Waals surface area contributed by atoms with Crippen LogP contribution >= 0.6 is 15.9 Å². The van der Waals surface area contributed by atoms with Gasteiger partial charge >= 0.3 is 0 Å². The van der Waals surface area contributed by atoms with Crippen LogP contribution in [0.3, 0.4) is 0 Å². The van der Waals surface area contributed by atoms with Crippen molar-refractivity contribution in [1.82, 2.24) is 9.78 Å².